The van der Waals surface area contributed by atoms with Gasteiger partial charge in [-0.25, -0.2) is 4.79 Å². The van der Waals surface area contributed by atoms with E-state index in [1.165, 1.54) is 4.90 Å². The fourth-order valence-corrected chi connectivity index (χ4v) is 3.66. The van der Waals surface area contributed by atoms with Crippen molar-refractivity contribution in [2.45, 2.75) is 24.3 Å². The highest BCUT2D eigenvalue weighted by Crippen LogP contribution is 2.20. The Kier molecular flexibility index (Phi) is 6.17. The number of piperazine rings is 1. The first-order valence-electron chi connectivity index (χ1n) is 8.79. The van der Waals surface area contributed by atoms with Crippen LogP contribution in [0.2, 0.25) is 0 Å². The normalized spacial score (nSPS) is 16.9. The van der Waals surface area contributed by atoms with Gasteiger partial charge in [-0.05, 0) is 35.6 Å². The summed E-state index contributed by atoms with van der Waals surface area (Å²) in [4.78, 5) is 27.9. The van der Waals surface area contributed by atoms with E-state index < -0.39 is 6.04 Å². The second-order valence-electron chi connectivity index (χ2n) is 6.08. The lowest BCUT2D eigenvalue weighted by atomic mass is 10.0. The summed E-state index contributed by atoms with van der Waals surface area (Å²) in [5.74, 6) is 0.903. The molecule has 2 aromatic rings. The highest BCUT2D eigenvalue weighted by molar-refractivity contribution is 7.99. The average molecular weight is 369 g/mol. The van der Waals surface area contributed by atoms with Crippen LogP contribution >= 0.6 is 11.8 Å². The van der Waals surface area contributed by atoms with E-state index in [0.717, 1.165) is 17.0 Å². The van der Waals surface area contributed by atoms with E-state index >= 15 is 0 Å². The molecule has 1 aliphatic rings. The van der Waals surface area contributed by atoms with Crippen molar-refractivity contribution in [3.63, 3.8) is 0 Å². The first-order chi connectivity index (χ1) is 12.7. The Bertz CT molecular complexity index is 749. The van der Waals surface area contributed by atoms with Gasteiger partial charge in [-0.3, -0.25) is 4.79 Å². The SMILES string of the molecule is CCSc1ccc(NC(=O)N2CCNC(=O)[C@@H]2Cc2ccccc2)cc1. The monoisotopic (exact) mass is 369 g/mol. The van der Waals surface area contributed by atoms with Gasteiger partial charge < -0.3 is 15.5 Å². The second-order valence-corrected chi connectivity index (χ2v) is 7.41. The molecule has 1 saturated heterocycles. The summed E-state index contributed by atoms with van der Waals surface area (Å²) in [6.07, 6.45) is 0.506. The van der Waals surface area contributed by atoms with E-state index in [1.807, 2.05) is 54.6 Å². The maximum atomic E-state index is 12.8. The zero-order valence-electron chi connectivity index (χ0n) is 14.8. The molecule has 0 bridgehead atoms. The van der Waals surface area contributed by atoms with E-state index in [9.17, 15) is 9.59 Å². The lowest BCUT2D eigenvalue weighted by molar-refractivity contribution is -0.127. The fourth-order valence-electron chi connectivity index (χ4n) is 2.99. The smallest absolute Gasteiger partial charge is 0.322 e. The molecule has 0 radical (unpaired) electrons. The average Bonchev–Trinajstić information content (AvgIpc) is 2.66. The molecule has 5 nitrogen and oxygen atoms in total. The van der Waals surface area contributed by atoms with E-state index in [2.05, 4.69) is 17.6 Å². The Morgan fingerprint density at radius 3 is 2.62 bits per heavy atom. The van der Waals surface area contributed by atoms with Crippen molar-refractivity contribution < 1.29 is 9.59 Å². The number of hydrogen-bond donors (Lipinski definition) is 2. The van der Waals surface area contributed by atoms with Gasteiger partial charge in [0.2, 0.25) is 5.91 Å². The molecule has 26 heavy (non-hydrogen) atoms. The molecule has 2 N–H and O–H groups in total. The maximum absolute atomic E-state index is 12.8. The van der Waals surface area contributed by atoms with Gasteiger partial charge in [0.05, 0.1) is 0 Å². The van der Waals surface area contributed by atoms with E-state index in [0.29, 0.717) is 19.5 Å². The second kappa shape index (κ2) is 8.76. The van der Waals surface area contributed by atoms with Crippen LogP contribution in [0.15, 0.2) is 59.5 Å². The Morgan fingerprint density at radius 1 is 1.19 bits per heavy atom. The molecule has 0 spiro atoms. The minimum absolute atomic E-state index is 0.107. The molecule has 2 aromatic carbocycles. The number of anilines is 1. The molecule has 3 amide bonds. The van der Waals surface area contributed by atoms with Crippen molar-refractivity contribution in [3.8, 4) is 0 Å². The molecule has 1 atom stereocenters. The molecule has 6 heteroatoms. The van der Waals surface area contributed by atoms with Crippen molar-refractivity contribution in [2.75, 3.05) is 24.2 Å². The number of carbonyl (C=O) groups excluding carboxylic acids is 2. The predicted octanol–water partition coefficient (Wildman–Crippen LogP) is 3.37. The van der Waals surface area contributed by atoms with Crippen LogP contribution in [0.4, 0.5) is 10.5 Å². The third-order valence-electron chi connectivity index (χ3n) is 4.28. The number of thioether (sulfide) groups is 1. The van der Waals surface area contributed by atoms with Crippen LogP contribution in [-0.2, 0) is 11.2 Å². The number of amides is 3. The van der Waals surface area contributed by atoms with Crippen LogP contribution in [0, 0.1) is 0 Å². The molecule has 1 fully saturated rings. The zero-order chi connectivity index (χ0) is 18.4. The fraction of sp³-hybridized carbons (Fsp3) is 0.300. The van der Waals surface area contributed by atoms with Gasteiger partial charge in [0, 0.05) is 30.1 Å². The highest BCUT2D eigenvalue weighted by atomic mass is 32.2. The van der Waals surface area contributed by atoms with Gasteiger partial charge in [0.1, 0.15) is 6.04 Å². The summed E-state index contributed by atoms with van der Waals surface area (Å²) in [6, 6.07) is 16.8. The van der Waals surface area contributed by atoms with Gasteiger partial charge in [0.25, 0.3) is 0 Å². The van der Waals surface area contributed by atoms with Gasteiger partial charge in [-0.15, -0.1) is 11.8 Å². The number of nitrogens with one attached hydrogen (secondary N) is 2. The standard InChI is InChI=1S/C20H23N3O2S/c1-2-26-17-10-8-16(9-11-17)22-20(25)23-13-12-21-19(24)18(23)14-15-6-4-3-5-7-15/h3-11,18H,2,12-14H2,1H3,(H,21,24)(H,22,25)/t18-/m0/s1. The van der Waals surface area contributed by atoms with Crippen LogP contribution in [0.25, 0.3) is 0 Å². The van der Waals surface area contributed by atoms with Gasteiger partial charge in [-0.1, -0.05) is 37.3 Å². The summed E-state index contributed by atoms with van der Waals surface area (Å²) < 4.78 is 0. The van der Waals surface area contributed by atoms with Crippen molar-refractivity contribution in [2.24, 2.45) is 0 Å². The minimum atomic E-state index is -0.499. The maximum Gasteiger partial charge on any atom is 0.322 e. The predicted molar refractivity (Wildman–Crippen MR) is 106 cm³/mol. The first-order valence-corrected chi connectivity index (χ1v) is 9.78. The molecule has 0 unspecified atom stereocenters. The topological polar surface area (TPSA) is 61.4 Å². The molecular weight excluding hydrogens is 346 g/mol. The summed E-state index contributed by atoms with van der Waals surface area (Å²) in [7, 11) is 0. The minimum Gasteiger partial charge on any atom is -0.353 e. The van der Waals surface area contributed by atoms with Crippen molar-refractivity contribution in [1.82, 2.24) is 10.2 Å². The van der Waals surface area contributed by atoms with Crippen LogP contribution in [0.3, 0.4) is 0 Å². The summed E-state index contributed by atoms with van der Waals surface area (Å²) >= 11 is 1.76. The van der Waals surface area contributed by atoms with Gasteiger partial charge in [-0.2, -0.15) is 0 Å². The number of hydrogen-bond acceptors (Lipinski definition) is 3. The summed E-state index contributed by atoms with van der Waals surface area (Å²) in [5.41, 5.74) is 1.77. The van der Waals surface area contributed by atoms with Crippen molar-refractivity contribution in [3.05, 3.63) is 60.2 Å². The van der Waals surface area contributed by atoms with Crippen LogP contribution < -0.4 is 10.6 Å². The van der Waals surface area contributed by atoms with Crippen molar-refractivity contribution in [1.29, 1.82) is 0 Å². The van der Waals surface area contributed by atoms with E-state index in [1.54, 1.807) is 16.7 Å². The number of rotatable bonds is 5. The molecular formula is C20H23N3O2S. The number of carbonyl (C=O) groups is 2. The van der Waals surface area contributed by atoms with Crippen LogP contribution in [0.5, 0.6) is 0 Å². The molecule has 1 heterocycles. The quantitative estimate of drug-likeness (QED) is 0.795. The molecule has 136 valence electrons. The van der Waals surface area contributed by atoms with Crippen LogP contribution in [-0.4, -0.2) is 41.7 Å². The molecule has 0 aliphatic carbocycles. The van der Waals surface area contributed by atoms with Crippen molar-refractivity contribution >= 4 is 29.4 Å². The van der Waals surface area contributed by atoms with Gasteiger partial charge >= 0.3 is 6.03 Å². The third-order valence-corrected chi connectivity index (χ3v) is 5.17. The number of nitrogens with zero attached hydrogens (tertiary/aromatic N) is 1. The van der Waals surface area contributed by atoms with Crippen LogP contribution in [0.1, 0.15) is 12.5 Å². The lowest BCUT2D eigenvalue weighted by Crippen LogP contribution is -2.59. The largest absolute Gasteiger partial charge is 0.353 e. The third kappa shape index (κ3) is 4.58. The van der Waals surface area contributed by atoms with E-state index in [4.69, 9.17) is 0 Å². The van der Waals surface area contributed by atoms with Gasteiger partial charge in [0.15, 0.2) is 0 Å². The molecule has 1 aliphatic heterocycles. The molecule has 0 aromatic heterocycles. The molecule has 0 saturated carbocycles. The Labute approximate surface area is 158 Å². The Balaban J connectivity index is 1.69. The zero-order valence-corrected chi connectivity index (χ0v) is 15.6. The lowest BCUT2D eigenvalue weighted by Gasteiger charge is -2.35. The first kappa shape index (κ1) is 18.3. The Morgan fingerprint density at radius 2 is 1.92 bits per heavy atom. The Hall–Kier alpha value is -2.47. The highest BCUT2D eigenvalue weighted by Gasteiger charge is 2.33. The summed E-state index contributed by atoms with van der Waals surface area (Å²) in [6.45, 7) is 3.08. The molecule has 3 rings (SSSR count). The number of benzene rings is 2. The number of urea groups is 1. The van der Waals surface area contributed by atoms with E-state index in [-0.39, 0.29) is 11.9 Å². The summed E-state index contributed by atoms with van der Waals surface area (Å²) in [5, 5.41) is 5.77.